The Morgan fingerprint density at radius 1 is 1.00 bits per heavy atom. The number of halogens is 2. The molecule has 1 saturated heterocycles. The van der Waals surface area contributed by atoms with Crippen LogP contribution in [0.5, 0.6) is 0 Å². The summed E-state index contributed by atoms with van der Waals surface area (Å²) in [5.74, 6) is -2.66. The number of hydrogen-bond donors (Lipinski definition) is 1. The smallest absolute Gasteiger partial charge is 0.335 e. The first-order chi connectivity index (χ1) is 17.0. The van der Waals surface area contributed by atoms with Crippen LogP contribution < -0.4 is 0 Å². The number of nitrogens with zero attached hydrogens (tertiary/aromatic N) is 2. The first-order valence-corrected chi connectivity index (χ1v) is 11.6. The average Bonchev–Trinajstić information content (AvgIpc) is 3.46. The highest BCUT2D eigenvalue weighted by Crippen LogP contribution is 2.44. The molecule has 1 fully saturated rings. The van der Waals surface area contributed by atoms with E-state index in [0.717, 1.165) is 57.8 Å². The number of hydrogen-bond acceptors (Lipinski definition) is 3. The zero-order valence-electron chi connectivity index (χ0n) is 18.8. The van der Waals surface area contributed by atoms with Crippen LogP contribution in [-0.4, -0.2) is 35.1 Å². The van der Waals surface area contributed by atoms with Gasteiger partial charge in [-0.15, -0.1) is 0 Å². The Hall–Kier alpha value is -3.84. The minimum Gasteiger partial charge on any atom is -0.478 e. The van der Waals surface area contributed by atoms with Crippen molar-refractivity contribution in [2.45, 2.75) is 25.3 Å². The summed E-state index contributed by atoms with van der Waals surface area (Å²) in [4.78, 5) is 15.9. The lowest BCUT2D eigenvalue weighted by Gasteiger charge is -2.26. The molecule has 0 saturated carbocycles. The topological polar surface area (TPSA) is 63.8 Å². The number of carboxylic acids is 1. The third-order valence-electron chi connectivity index (χ3n) is 6.95. The van der Waals surface area contributed by atoms with Crippen LogP contribution in [0.4, 0.5) is 8.78 Å². The molecule has 3 aromatic carbocycles. The third-order valence-corrected chi connectivity index (χ3v) is 6.95. The highest BCUT2D eigenvalue weighted by atomic mass is 19.2. The summed E-state index contributed by atoms with van der Waals surface area (Å²) in [6.07, 6.45) is 3.43. The van der Waals surface area contributed by atoms with Gasteiger partial charge in [0, 0.05) is 53.7 Å². The second-order valence-corrected chi connectivity index (χ2v) is 9.00. The second kappa shape index (κ2) is 8.43. The molecular formula is C28H22F2N2O3. The summed E-state index contributed by atoms with van der Waals surface area (Å²) in [5.41, 5.74) is 6.58. The molecule has 5 nitrogen and oxygen atoms in total. The van der Waals surface area contributed by atoms with Gasteiger partial charge in [0.1, 0.15) is 0 Å². The van der Waals surface area contributed by atoms with Crippen molar-refractivity contribution in [3.8, 4) is 16.8 Å². The largest absolute Gasteiger partial charge is 0.478 e. The van der Waals surface area contributed by atoms with E-state index in [1.807, 2.05) is 22.9 Å². The predicted molar refractivity (Wildman–Crippen MR) is 130 cm³/mol. The summed E-state index contributed by atoms with van der Waals surface area (Å²) < 4.78 is 35.9. The van der Waals surface area contributed by atoms with Crippen molar-refractivity contribution in [3.63, 3.8) is 0 Å². The van der Waals surface area contributed by atoms with Crippen molar-refractivity contribution in [1.82, 2.24) is 4.57 Å². The van der Waals surface area contributed by atoms with Gasteiger partial charge >= 0.3 is 5.97 Å². The number of fused-ring (bicyclic) bond motifs is 2. The number of rotatable bonds is 4. The van der Waals surface area contributed by atoms with Crippen molar-refractivity contribution in [2.75, 3.05) is 13.2 Å². The van der Waals surface area contributed by atoms with E-state index in [4.69, 9.17) is 4.74 Å². The molecule has 0 aliphatic carbocycles. The van der Waals surface area contributed by atoms with Crippen molar-refractivity contribution in [3.05, 3.63) is 88.6 Å². The first kappa shape index (κ1) is 21.7. The zero-order chi connectivity index (χ0) is 24.1. The Kier molecular flexibility index (Phi) is 5.22. The predicted octanol–water partition coefficient (Wildman–Crippen LogP) is 6.10. The van der Waals surface area contributed by atoms with E-state index in [2.05, 4.69) is 17.1 Å². The summed E-state index contributed by atoms with van der Waals surface area (Å²) in [5, 5.41) is 10.4. The quantitative estimate of drug-likeness (QED) is 0.390. The lowest BCUT2D eigenvalue weighted by atomic mass is 9.89. The number of aromatic nitrogens is 1. The van der Waals surface area contributed by atoms with E-state index < -0.39 is 17.6 Å². The van der Waals surface area contributed by atoms with Crippen LogP contribution in [0.1, 0.15) is 45.9 Å². The Morgan fingerprint density at radius 3 is 2.49 bits per heavy atom. The number of carbonyl (C=O) groups is 1. The minimum absolute atomic E-state index is 0.127. The van der Waals surface area contributed by atoms with Crippen LogP contribution in [0.3, 0.4) is 0 Å². The summed E-state index contributed by atoms with van der Waals surface area (Å²) >= 11 is 0. The summed E-state index contributed by atoms with van der Waals surface area (Å²) in [6.45, 7) is 1.82. The van der Waals surface area contributed by atoms with Gasteiger partial charge in [-0.1, -0.05) is 12.1 Å². The number of benzene rings is 3. The van der Waals surface area contributed by atoms with E-state index in [-0.39, 0.29) is 11.5 Å². The highest BCUT2D eigenvalue weighted by Gasteiger charge is 2.29. The minimum atomic E-state index is -0.986. The van der Waals surface area contributed by atoms with Crippen molar-refractivity contribution >= 4 is 23.1 Å². The second-order valence-electron chi connectivity index (χ2n) is 9.00. The molecule has 0 amide bonds. The van der Waals surface area contributed by atoms with Crippen molar-refractivity contribution in [2.24, 2.45) is 4.99 Å². The van der Waals surface area contributed by atoms with Crippen LogP contribution in [0, 0.1) is 11.6 Å². The molecule has 4 aromatic rings. The van der Waals surface area contributed by atoms with Crippen molar-refractivity contribution in [1.29, 1.82) is 0 Å². The van der Waals surface area contributed by atoms with E-state index in [1.54, 1.807) is 18.2 Å². The van der Waals surface area contributed by atoms with Gasteiger partial charge in [-0.05, 0) is 65.9 Å². The Balaban J connectivity index is 1.70. The summed E-state index contributed by atoms with van der Waals surface area (Å²) in [7, 11) is 0. The molecule has 6 rings (SSSR count). The third kappa shape index (κ3) is 3.63. The molecule has 0 spiro atoms. The Labute approximate surface area is 200 Å². The number of aromatic carboxylic acids is 1. The van der Waals surface area contributed by atoms with Gasteiger partial charge in [0.15, 0.2) is 11.6 Å². The van der Waals surface area contributed by atoms with Crippen molar-refractivity contribution < 1.29 is 23.4 Å². The van der Waals surface area contributed by atoms with Crippen LogP contribution >= 0.6 is 0 Å². The average molecular weight is 472 g/mol. The van der Waals surface area contributed by atoms with E-state index >= 15 is 0 Å². The van der Waals surface area contributed by atoms with Crippen LogP contribution in [-0.2, 0) is 11.3 Å². The Morgan fingerprint density at radius 2 is 1.77 bits per heavy atom. The molecule has 2 aliphatic rings. The molecule has 1 aromatic heterocycles. The van der Waals surface area contributed by atoms with Gasteiger partial charge < -0.3 is 14.4 Å². The van der Waals surface area contributed by atoms with Gasteiger partial charge in [-0.3, -0.25) is 4.99 Å². The lowest BCUT2D eigenvalue weighted by molar-refractivity contribution is 0.0697. The Bertz CT molecular complexity index is 1500. The maximum Gasteiger partial charge on any atom is 0.335 e. The van der Waals surface area contributed by atoms with Crippen LogP contribution in [0.15, 0.2) is 59.6 Å². The first-order valence-electron chi connectivity index (χ1n) is 11.6. The van der Waals surface area contributed by atoms with Gasteiger partial charge in [-0.2, -0.15) is 0 Å². The molecule has 0 atom stereocenters. The maximum atomic E-state index is 14.4. The molecule has 3 heterocycles. The molecule has 176 valence electrons. The van der Waals surface area contributed by atoms with Crippen LogP contribution in [0.25, 0.3) is 27.7 Å². The van der Waals surface area contributed by atoms with Gasteiger partial charge in [-0.25, -0.2) is 13.6 Å². The molecule has 2 aliphatic heterocycles. The monoisotopic (exact) mass is 472 g/mol. The fraction of sp³-hybridized carbons (Fsp3) is 0.214. The SMILES string of the molecule is O=C(O)c1ccc(-c2c(C3CCOCC3)n(-c3ccc(F)c(F)c3)c3cc4c(cc23)CN=C4)cc1. The van der Waals surface area contributed by atoms with E-state index in [1.165, 1.54) is 6.07 Å². The van der Waals surface area contributed by atoms with Gasteiger partial charge in [0.05, 0.1) is 17.6 Å². The lowest BCUT2D eigenvalue weighted by Crippen LogP contribution is -2.17. The maximum absolute atomic E-state index is 14.4. The molecule has 1 N–H and O–H groups in total. The standard InChI is InChI=1S/C28H22F2N2O3/c29-23-6-5-21(13-24(23)30)32-25-12-20-15-31-14-19(20)11-22(25)26(27(32)17-7-9-35-10-8-17)16-1-3-18(4-2-16)28(33)34/h1-6,11-13,15,17H,7-10,14H2,(H,33,34). The highest BCUT2D eigenvalue weighted by molar-refractivity contribution is 6.03. The van der Waals surface area contributed by atoms with Gasteiger partial charge in [0.25, 0.3) is 0 Å². The molecule has 35 heavy (non-hydrogen) atoms. The molecule has 0 bridgehead atoms. The zero-order valence-corrected chi connectivity index (χ0v) is 18.8. The molecule has 0 unspecified atom stereocenters. The number of aliphatic imine (C=N–C) groups is 1. The number of carboxylic acid groups (broad SMARTS) is 1. The fourth-order valence-electron chi connectivity index (χ4n) is 5.26. The normalized spacial score (nSPS) is 15.6. The van der Waals surface area contributed by atoms with E-state index in [9.17, 15) is 18.7 Å². The number of ether oxygens (including phenoxy) is 1. The van der Waals surface area contributed by atoms with Gasteiger partial charge in [0.2, 0.25) is 0 Å². The van der Waals surface area contributed by atoms with E-state index in [0.29, 0.717) is 25.4 Å². The van der Waals surface area contributed by atoms with Crippen LogP contribution in [0.2, 0.25) is 0 Å². The fourth-order valence-corrected chi connectivity index (χ4v) is 5.26. The molecule has 0 radical (unpaired) electrons. The summed E-state index contributed by atoms with van der Waals surface area (Å²) in [6, 6.07) is 15.0. The molecule has 7 heteroatoms. The molecular weight excluding hydrogens is 450 g/mol.